The minimum atomic E-state index is -0.169. The van der Waals surface area contributed by atoms with Crippen LogP contribution < -0.4 is 10.5 Å². The molecule has 0 amide bonds. The van der Waals surface area contributed by atoms with Gasteiger partial charge in [0.2, 0.25) is 0 Å². The SMILES string of the molecule is COc1ccccc1C(N)c1sc(C)nc1C. The maximum Gasteiger partial charge on any atom is 0.124 e. The van der Waals surface area contributed by atoms with E-state index < -0.39 is 0 Å². The van der Waals surface area contributed by atoms with Crippen LogP contribution in [0.4, 0.5) is 0 Å². The van der Waals surface area contributed by atoms with Gasteiger partial charge in [-0.2, -0.15) is 0 Å². The Kier molecular flexibility index (Phi) is 3.45. The molecule has 1 atom stereocenters. The predicted octanol–water partition coefficient (Wildman–Crippen LogP) is 2.82. The largest absolute Gasteiger partial charge is 0.496 e. The summed E-state index contributed by atoms with van der Waals surface area (Å²) in [5, 5.41) is 1.04. The first-order valence-corrected chi connectivity index (χ1v) is 6.27. The fourth-order valence-corrected chi connectivity index (χ4v) is 2.85. The summed E-state index contributed by atoms with van der Waals surface area (Å²) in [6.07, 6.45) is 0. The molecule has 3 nitrogen and oxygen atoms in total. The summed E-state index contributed by atoms with van der Waals surface area (Å²) < 4.78 is 5.34. The number of hydrogen-bond acceptors (Lipinski definition) is 4. The maximum atomic E-state index is 6.30. The van der Waals surface area contributed by atoms with Gasteiger partial charge in [0.1, 0.15) is 5.75 Å². The zero-order valence-electron chi connectivity index (χ0n) is 10.2. The summed E-state index contributed by atoms with van der Waals surface area (Å²) in [6.45, 7) is 3.99. The summed E-state index contributed by atoms with van der Waals surface area (Å²) in [7, 11) is 1.66. The number of rotatable bonds is 3. The Balaban J connectivity index is 2.43. The molecule has 0 saturated heterocycles. The van der Waals surface area contributed by atoms with Gasteiger partial charge < -0.3 is 10.5 Å². The molecule has 90 valence electrons. The van der Waals surface area contributed by atoms with E-state index in [1.165, 1.54) is 0 Å². The van der Waals surface area contributed by atoms with Gasteiger partial charge in [0.25, 0.3) is 0 Å². The monoisotopic (exact) mass is 248 g/mol. The van der Waals surface area contributed by atoms with Gasteiger partial charge in [0, 0.05) is 10.4 Å². The first-order valence-electron chi connectivity index (χ1n) is 5.46. The first-order chi connectivity index (χ1) is 8.13. The fourth-order valence-electron chi connectivity index (χ4n) is 1.90. The Hall–Kier alpha value is -1.39. The second-order valence-electron chi connectivity index (χ2n) is 3.90. The van der Waals surface area contributed by atoms with Crippen LogP contribution in [0.3, 0.4) is 0 Å². The Morgan fingerprint density at radius 3 is 2.59 bits per heavy atom. The van der Waals surface area contributed by atoms with Gasteiger partial charge >= 0.3 is 0 Å². The average Bonchev–Trinajstić information content (AvgIpc) is 2.67. The standard InChI is InChI=1S/C13H16N2OS/c1-8-13(17-9(2)15-8)12(14)10-6-4-5-7-11(10)16-3/h4-7,12H,14H2,1-3H3. The highest BCUT2D eigenvalue weighted by molar-refractivity contribution is 7.11. The van der Waals surface area contributed by atoms with Crippen LogP contribution in [0.5, 0.6) is 5.75 Å². The number of thiazole rings is 1. The highest BCUT2D eigenvalue weighted by Gasteiger charge is 2.18. The van der Waals surface area contributed by atoms with Gasteiger partial charge in [-0.15, -0.1) is 11.3 Å². The van der Waals surface area contributed by atoms with E-state index in [-0.39, 0.29) is 6.04 Å². The number of para-hydroxylation sites is 1. The molecular formula is C13H16N2OS. The maximum absolute atomic E-state index is 6.30. The molecule has 0 saturated carbocycles. The van der Waals surface area contributed by atoms with Crippen molar-refractivity contribution >= 4 is 11.3 Å². The third kappa shape index (κ3) is 2.33. The lowest BCUT2D eigenvalue weighted by atomic mass is 10.0. The molecule has 2 rings (SSSR count). The van der Waals surface area contributed by atoms with Gasteiger partial charge in [0.05, 0.1) is 23.9 Å². The van der Waals surface area contributed by atoms with Gasteiger partial charge in [-0.1, -0.05) is 18.2 Å². The van der Waals surface area contributed by atoms with E-state index in [1.807, 2.05) is 38.1 Å². The van der Waals surface area contributed by atoms with Crippen molar-refractivity contribution in [2.24, 2.45) is 5.73 Å². The van der Waals surface area contributed by atoms with E-state index in [9.17, 15) is 0 Å². The summed E-state index contributed by atoms with van der Waals surface area (Å²) in [6, 6.07) is 7.68. The quantitative estimate of drug-likeness (QED) is 0.908. The predicted molar refractivity (Wildman–Crippen MR) is 70.6 cm³/mol. The molecule has 0 fully saturated rings. The van der Waals surface area contributed by atoms with E-state index in [0.717, 1.165) is 26.9 Å². The summed E-state index contributed by atoms with van der Waals surface area (Å²) in [4.78, 5) is 5.51. The molecule has 1 unspecified atom stereocenters. The van der Waals surface area contributed by atoms with E-state index in [0.29, 0.717) is 0 Å². The molecule has 1 heterocycles. The molecule has 1 aromatic carbocycles. The fraction of sp³-hybridized carbons (Fsp3) is 0.308. The van der Waals surface area contributed by atoms with Crippen molar-refractivity contribution in [3.8, 4) is 5.75 Å². The number of benzene rings is 1. The molecule has 0 aliphatic carbocycles. The number of aromatic nitrogens is 1. The van der Waals surface area contributed by atoms with E-state index in [1.54, 1.807) is 18.4 Å². The van der Waals surface area contributed by atoms with Crippen LogP contribution >= 0.6 is 11.3 Å². The molecule has 0 radical (unpaired) electrons. The second kappa shape index (κ2) is 4.85. The second-order valence-corrected chi connectivity index (χ2v) is 5.14. The van der Waals surface area contributed by atoms with Crippen molar-refractivity contribution in [2.75, 3.05) is 7.11 Å². The summed E-state index contributed by atoms with van der Waals surface area (Å²) in [5.74, 6) is 0.824. The normalized spacial score (nSPS) is 12.5. The Labute approximate surface area is 105 Å². The number of nitrogens with zero attached hydrogens (tertiary/aromatic N) is 1. The Morgan fingerprint density at radius 1 is 1.29 bits per heavy atom. The van der Waals surface area contributed by atoms with Crippen LogP contribution in [0.25, 0.3) is 0 Å². The number of ether oxygens (including phenoxy) is 1. The lowest BCUT2D eigenvalue weighted by Gasteiger charge is -2.14. The van der Waals surface area contributed by atoms with E-state index in [4.69, 9.17) is 10.5 Å². The molecule has 17 heavy (non-hydrogen) atoms. The van der Waals surface area contributed by atoms with Crippen LogP contribution in [-0.4, -0.2) is 12.1 Å². The molecular weight excluding hydrogens is 232 g/mol. The smallest absolute Gasteiger partial charge is 0.124 e. The number of hydrogen-bond donors (Lipinski definition) is 1. The van der Waals surface area contributed by atoms with Gasteiger partial charge in [0.15, 0.2) is 0 Å². The molecule has 0 spiro atoms. The minimum Gasteiger partial charge on any atom is -0.496 e. The zero-order valence-corrected chi connectivity index (χ0v) is 11.0. The molecule has 4 heteroatoms. The molecule has 0 aliphatic heterocycles. The van der Waals surface area contributed by atoms with Crippen molar-refractivity contribution < 1.29 is 4.74 Å². The topological polar surface area (TPSA) is 48.1 Å². The van der Waals surface area contributed by atoms with Crippen molar-refractivity contribution in [3.05, 3.63) is 45.4 Å². The zero-order chi connectivity index (χ0) is 12.4. The number of methoxy groups -OCH3 is 1. The molecule has 1 aromatic heterocycles. The number of nitrogens with two attached hydrogens (primary N) is 1. The lowest BCUT2D eigenvalue weighted by molar-refractivity contribution is 0.408. The van der Waals surface area contributed by atoms with Crippen molar-refractivity contribution in [3.63, 3.8) is 0 Å². The first kappa shape index (κ1) is 12.1. The Bertz CT molecular complexity index is 522. The third-order valence-corrected chi connectivity index (χ3v) is 3.85. The van der Waals surface area contributed by atoms with Crippen molar-refractivity contribution in [1.82, 2.24) is 4.98 Å². The van der Waals surface area contributed by atoms with E-state index in [2.05, 4.69) is 4.98 Å². The van der Waals surface area contributed by atoms with Crippen LogP contribution in [0.2, 0.25) is 0 Å². The molecule has 0 bridgehead atoms. The number of aryl methyl sites for hydroxylation is 2. The van der Waals surface area contributed by atoms with Crippen molar-refractivity contribution in [1.29, 1.82) is 0 Å². The minimum absolute atomic E-state index is 0.169. The average molecular weight is 248 g/mol. The molecule has 2 N–H and O–H groups in total. The molecule has 0 aliphatic rings. The van der Waals surface area contributed by atoms with Gasteiger partial charge in [-0.25, -0.2) is 4.98 Å². The van der Waals surface area contributed by atoms with E-state index >= 15 is 0 Å². The van der Waals surface area contributed by atoms with Gasteiger partial charge in [-0.05, 0) is 19.9 Å². The van der Waals surface area contributed by atoms with Gasteiger partial charge in [-0.3, -0.25) is 0 Å². The highest BCUT2D eigenvalue weighted by atomic mass is 32.1. The Morgan fingerprint density at radius 2 is 2.00 bits per heavy atom. The van der Waals surface area contributed by atoms with Crippen LogP contribution in [0.1, 0.15) is 27.2 Å². The van der Waals surface area contributed by atoms with Crippen LogP contribution in [-0.2, 0) is 0 Å². The van der Waals surface area contributed by atoms with Crippen LogP contribution in [0.15, 0.2) is 24.3 Å². The summed E-state index contributed by atoms with van der Waals surface area (Å²) in [5.41, 5.74) is 8.30. The molecule has 2 aromatic rings. The third-order valence-electron chi connectivity index (χ3n) is 2.70. The lowest BCUT2D eigenvalue weighted by Crippen LogP contribution is -2.12. The summed E-state index contributed by atoms with van der Waals surface area (Å²) >= 11 is 1.64. The highest BCUT2D eigenvalue weighted by Crippen LogP contribution is 2.32. The van der Waals surface area contributed by atoms with Crippen LogP contribution in [0, 0.1) is 13.8 Å². The van der Waals surface area contributed by atoms with Crippen molar-refractivity contribution in [2.45, 2.75) is 19.9 Å².